The number of hydrogen-bond donors (Lipinski definition) is 2. The molecular formula is C18H30N2O2. The molecule has 0 aliphatic carbocycles. The third-order valence-corrected chi connectivity index (χ3v) is 4.19. The maximum atomic E-state index is 10.1. The van der Waals surface area contributed by atoms with Crippen molar-refractivity contribution < 1.29 is 9.84 Å². The monoisotopic (exact) mass is 306 g/mol. The molecule has 0 spiro atoms. The van der Waals surface area contributed by atoms with E-state index < -0.39 is 0 Å². The van der Waals surface area contributed by atoms with Gasteiger partial charge in [0.05, 0.1) is 19.3 Å². The summed E-state index contributed by atoms with van der Waals surface area (Å²) in [7, 11) is 0. The molecule has 2 rings (SSSR count). The molecule has 0 amide bonds. The Balaban J connectivity index is 1.59. The fraction of sp³-hybridized carbons (Fsp3) is 0.667. The average molecular weight is 306 g/mol. The van der Waals surface area contributed by atoms with E-state index in [0.717, 1.165) is 45.8 Å². The molecule has 124 valence electrons. The number of benzene rings is 1. The van der Waals surface area contributed by atoms with Gasteiger partial charge in [0, 0.05) is 26.2 Å². The van der Waals surface area contributed by atoms with Gasteiger partial charge in [-0.25, -0.2) is 0 Å². The summed E-state index contributed by atoms with van der Waals surface area (Å²) in [6.07, 6.45) is 0.698. The largest absolute Gasteiger partial charge is 0.390 e. The van der Waals surface area contributed by atoms with E-state index in [2.05, 4.69) is 48.3 Å². The van der Waals surface area contributed by atoms with E-state index in [-0.39, 0.29) is 6.10 Å². The van der Waals surface area contributed by atoms with Gasteiger partial charge >= 0.3 is 0 Å². The number of nitrogens with one attached hydrogen (secondary N) is 1. The zero-order chi connectivity index (χ0) is 15.8. The highest BCUT2D eigenvalue weighted by atomic mass is 16.5. The molecule has 0 saturated carbocycles. The maximum Gasteiger partial charge on any atom is 0.0791 e. The van der Waals surface area contributed by atoms with Crippen LogP contribution in [-0.2, 0) is 11.2 Å². The van der Waals surface area contributed by atoms with Crippen LogP contribution in [0.3, 0.4) is 0 Å². The molecule has 0 aromatic heterocycles. The molecule has 0 radical (unpaired) electrons. The molecule has 2 N–H and O–H groups in total. The zero-order valence-corrected chi connectivity index (χ0v) is 13.9. The van der Waals surface area contributed by atoms with Gasteiger partial charge in [0.1, 0.15) is 0 Å². The van der Waals surface area contributed by atoms with Crippen molar-refractivity contribution in [2.75, 3.05) is 45.9 Å². The van der Waals surface area contributed by atoms with E-state index in [1.165, 1.54) is 11.1 Å². The van der Waals surface area contributed by atoms with E-state index in [1.807, 2.05) is 0 Å². The van der Waals surface area contributed by atoms with E-state index in [1.54, 1.807) is 0 Å². The van der Waals surface area contributed by atoms with Crippen molar-refractivity contribution >= 4 is 0 Å². The van der Waals surface area contributed by atoms with Crippen molar-refractivity contribution in [1.29, 1.82) is 0 Å². The van der Waals surface area contributed by atoms with Crippen molar-refractivity contribution in [1.82, 2.24) is 10.2 Å². The van der Waals surface area contributed by atoms with E-state index in [4.69, 9.17) is 4.74 Å². The van der Waals surface area contributed by atoms with Crippen molar-refractivity contribution in [3.63, 3.8) is 0 Å². The lowest BCUT2D eigenvalue weighted by Gasteiger charge is -2.28. The van der Waals surface area contributed by atoms with Crippen LogP contribution in [0.4, 0.5) is 0 Å². The van der Waals surface area contributed by atoms with Crippen LogP contribution >= 0.6 is 0 Å². The SMILES string of the molecule is CC(C)c1ccc(CCNC[C@@H](O)CN2CCOCC2)cc1. The lowest BCUT2D eigenvalue weighted by atomic mass is 10.0. The van der Waals surface area contributed by atoms with Crippen LogP contribution in [0.25, 0.3) is 0 Å². The molecule has 0 unspecified atom stereocenters. The minimum Gasteiger partial charge on any atom is -0.390 e. The Morgan fingerprint density at radius 2 is 1.86 bits per heavy atom. The zero-order valence-electron chi connectivity index (χ0n) is 13.9. The molecule has 4 nitrogen and oxygen atoms in total. The van der Waals surface area contributed by atoms with Crippen LogP contribution in [0.5, 0.6) is 0 Å². The molecular weight excluding hydrogens is 276 g/mol. The molecule has 0 bridgehead atoms. The molecule has 1 aliphatic rings. The van der Waals surface area contributed by atoms with Crippen LogP contribution in [-0.4, -0.2) is 62.0 Å². The first kappa shape index (κ1) is 17.4. The second kappa shape index (κ2) is 9.26. The van der Waals surface area contributed by atoms with Crippen LogP contribution in [0.1, 0.15) is 30.9 Å². The normalized spacial score (nSPS) is 17.8. The summed E-state index contributed by atoms with van der Waals surface area (Å²) in [5.74, 6) is 0.586. The fourth-order valence-corrected chi connectivity index (χ4v) is 2.72. The minimum absolute atomic E-state index is 0.304. The first-order valence-corrected chi connectivity index (χ1v) is 8.43. The van der Waals surface area contributed by atoms with Crippen LogP contribution in [0.2, 0.25) is 0 Å². The smallest absolute Gasteiger partial charge is 0.0791 e. The molecule has 1 aliphatic heterocycles. The summed E-state index contributed by atoms with van der Waals surface area (Å²) in [4.78, 5) is 2.26. The minimum atomic E-state index is -0.304. The van der Waals surface area contributed by atoms with E-state index in [0.29, 0.717) is 12.5 Å². The number of hydrogen-bond acceptors (Lipinski definition) is 4. The summed E-state index contributed by atoms with van der Waals surface area (Å²) in [6.45, 7) is 10.2. The summed E-state index contributed by atoms with van der Waals surface area (Å²) in [5.41, 5.74) is 2.73. The quantitative estimate of drug-likeness (QED) is 0.717. The van der Waals surface area contributed by atoms with Gasteiger partial charge in [0.15, 0.2) is 0 Å². The molecule has 1 heterocycles. The molecule has 1 aromatic rings. The number of rotatable bonds is 8. The Morgan fingerprint density at radius 1 is 1.18 bits per heavy atom. The number of aliphatic hydroxyl groups excluding tert-OH is 1. The predicted molar refractivity (Wildman–Crippen MR) is 90.4 cm³/mol. The van der Waals surface area contributed by atoms with Crippen molar-refractivity contribution in [3.05, 3.63) is 35.4 Å². The second-order valence-electron chi connectivity index (χ2n) is 6.42. The highest BCUT2D eigenvalue weighted by Gasteiger charge is 2.14. The van der Waals surface area contributed by atoms with Gasteiger partial charge in [-0.05, 0) is 30.0 Å². The summed E-state index contributed by atoms with van der Waals surface area (Å²) in [5, 5.41) is 13.4. The topological polar surface area (TPSA) is 44.7 Å². The van der Waals surface area contributed by atoms with Gasteiger partial charge in [-0.15, -0.1) is 0 Å². The number of nitrogens with zero attached hydrogens (tertiary/aromatic N) is 1. The summed E-state index contributed by atoms with van der Waals surface area (Å²) < 4.78 is 5.31. The third-order valence-electron chi connectivity index (χ3n) is 4.19. The third kappa shape index (κ3) is 6.05. The molecule has 22 heavy (non-hydrogen) atoms. The molecule has 1 fully saturated rings. The fourth-order valence-electron chi connectivity index (χ4n) is 2.72. The van der Waals surface area contributed by atoms with E-state index in [9.17, 15) is 5.11 Å². The standard InChI is InChI=1S/C18H30N2O2/c1-15(2)17-5-3-16(4-6-17)7-8-19-13-18(21)14-20-9-11-22-12-10-20/h3-6,15,18-19,21H,7-14H2,1-2H3/t18-/m1/s1. The number of ether oxygens (including phenoxy) is 1. The predicted octanol–water partition coefficient (Wildman–Crippen LogP) is 1.64. The van der Waals surface area contributed by atoms with Gasteiger partial charge in [-0.2, -0.15) is 0 Å². The van der Waals surface area contributed by atoms with Crippen LogP contribution in [0, 0.1) is 0 Å². The Kier molecular flexibility index (Phi) is 7.33. The highest BCUT2D eigenvalue weighted by Crippen LogP contribution is 2.14. The highest BCUT2D eigenvalue weighted by molar-refractivity contribution is 5.24. The molecule has 1 atom stereocenters. The van der Waals surface area contributed by atoms with Gasteiger partial charge < -0.3 is 15.2 Å². The first-order chi connectivity index (χ1) is 10.6. The lowest BCUT2D eigenvalue weighted by molar-refractivity contribution is 0.0150. The van der Waals surface area contributed by atoms with Crippen molar-refractivity contribution in [3.8, 4) is 0 Å². The van der Waals surface area contributed by atoms with E-state index >= 15 is 0 Å². The Hall–Kier alpha value is -0.940. The Morgan fingerprint density at radius 3 is 2.50 bits per heavy atom. The van der Waals surface area contributed by atoms with Gasteiger partial charge in [0.25, 0.3) is 0 Å². The molecule has 1 aromatic carbocycles. The molecule has 4 heteroatoms. The van der Waals surface area contributed by atoms with Crippen LogP contribution < -0.4 is 5.32 Å². The molecule has 1 saturated heterocycles. The van der Waals surface area contributed by atoms with Gasteiger partial charge in [0.2, 0.25) is 0 Å². The van der Waals surface area contributed by atoms with Crippen LogP contribution in [0.15, 0.2) is 24.3 Å². The Labute approximate surface area is 134 Å². The maximum absolute atomic E-state index is 10.1. The first-order valence-electron chi connectivity index (χ1n) is 8.43. The number of morpholine rings is 1. The number of aliphatic hydroxyl groups is 1. The second-order valence-corrected chi connectivity index (χ2v) is 6.42. The lowest BCUT2D eigenvalue weighted by Crippen LogP contribution is -2.43. The van der Waals surface area contributed by atoms with Crippen molar-refractivity contribution in [2.45, 2.75) is 32.3 Å². The summed E-state index contributed by atoms with van der Waals surface area (Å²) >= 11 is 0. The van der Waals surface area contributed by atoms with Gasteiger partial charge in [-0.3, -0.25) is 4.90 Å². The number of β-amino-alcohol motifs (C(OH)–C–C–N with tert-alkyl or cyclic N) is 1. The van der Waals surface area contributed by atoms with Gasteiger partial charge in [-0.1, -0.05) is 38.1 Å². The average Bonchev–Trinajstić information content (AvgIpc) is 2.53. The van der Waals surface area contributed by atoms with Crippen molar-refractivity contribution in [2.24, 2.45) is 0 Å². The summed E-state index contributed by atoms with van der Waals surface area (Å²) in [6, 6.07) is 8.85. The Bertz CT molecular complexity index is 414.